The fourth-order valence-electron chi connectivity index (χ4n) is 6.94. The van der Waals surface area contributed by atoms with Gasteiger partial charge in [-0.05, 0) is 33.1 Å². The minimum Gasteiger partial charge on any atom is -1.00 e. The fourth-order valence-corrected chi connectivity index (χ4v) is 6.94. The molecule has 47 heavy (non-hydrogen) atoms. The van der Waals surface area contributed by atoms with Crippen molar-refractivity contribution in [2.75, 3.05) is 0 Å². The number of halogens is 2. The molecule has 3 aliphatic rings. The maximum Gasteiger partial charge on any atom is -1.00 e. The molecule has 0 amide bonds. The van der Waals surface area contributed by atoms with Crippen LogP contribution in [0.25, 0.3) is 32.7 Å². The predicted octanol–water partition coefficient (Wildman–Crippen LogP) is 6.87. The summed E-state index contributed by atoms with van der Waals surface area (Å²) in [5.41, 5.74) is 11.0. The van der Waals surface area contributed by atoms with Crippen LogP contribution in [0.5, 0.6) is 0 Å². The first-order valence-electron chi connectivity index (χ1n) is 16.9. The maximum atomic E-state index is 3.26. The van der Waals surface area contributed by atoms with Crippen LogP contribution in [0.1, 0.15) is 133 Å². The molecular formula is C44H58Cl2Zr-2. The number of hydrogen-bond donors (Lipinski definition) is 0. The monoisotopic (exact) mass is 746 g/mol. The number of fused-ring (bicyclic) bond motifs is 5. The van der Waals surface area contributed by atoms with E-state index in [0.717, 1.165) is 0 Å². The molecule has 0 fully saturated rings. The van der Waals surface area contributed by atoms with E-state index in [2.05, 4.69) is 171 Å². The second kappa shape index (κ2) is 14.1. The van der Waals surface area contributed by atoms with Gasteiger partial charge in [-0.25, -0.2) is 6.08 Å². The Balaban J connectivity index is 0.000000404. The van der Waals surface area contributed by atoms with Gasteiger partial charge in [-0.2, -0.15) is 11.6 Å². The van der Waals surface area contributed by atoms with Crippen molar-refractivity contribution < 1.29 is 49.0 Å². The largest absolute Gasteiger partial charge is 1.00 e. The normalized spacial score (nSPS) is 18.9. The molecule has 0 bridgehead atoms. The Hall–Kier alpha value is -1.40. The quantitative estimate of drug-likeness (QED) is 0.220. The van der Waals surface area contributed by atoms with Crippen LogP contribution in [-0.4, -0.2) is 3.21 Å². The third kappa shape index (κ3) is 8.86. The van der Waals surface area contributed by atoms with Gasteiger partial charge in [0.15, 0.2) is 0 Å². The molecule has 3 heteroatoms. The molecule has 3 aromatic carbocycles. The molecule has 0 spiro atoms. The van der Waals surface area contributed by atoms with Crippen LogP contribution >= 0.6 is 0 Å². The van der Waals surface area contributed by atoms with E-state index in [1.807, 2.05) is 0 Å². The molecule has 0 aliphatic heterocycles. The minimum atomic E-state index is 0. The van der Waals surface area contributed by atoms with Gasteiger partial charge in [0.1, 0.15) is 0 Å². The molecular weight excluding hydrogens is 691 g/mol. The molecule has 0 heterocycles. The van der Waals surface area contributed by atoms with Crippen LogP contribution in [0.3, 0.4) is 0 Å². The zero-order valence-electron chi connectivity index (χ0n) is 32.0. The van der Waals surface area contributed by atoms with Crippen LogP contribution in [0, 0.1) is 28.2 Å². The molecule has 0 saturated heterocycles. The average molecular weight is 749 g/mol. The first-order chi connectivity index (χ1) is 20.3. The maximum absolute atomic E-state index is 3.26. The van der Waals surface area contributed by atoms with Gasteiger partial charge < -0.3 is 24.8 Å². The number of hydrogen-bond acceptors (Lipinski definition) is 0. The Labute approximate surface area is 315 Å². The second-order valence-electron chi connectivity index (χ2n) is 18.1. The topological polar surface area (TPSA) is 0 Å². The van der Waals surface area contributed by atoms with E-state index in [1.165, 1.54) is 63.7 Å². The first-order valence-corrected chi connectivity index (χ1v) is 18.1. The molecule has 254 valence electrons. The molecule has 0 aromatic heterocycles. The molecule has 0 saturated carbocycles. The molecule has 3 aliphatic carbocycles. The van der Waals surface area contributed by atoms with Crippen LogP contribution in [0.4, 0.5) is 0 Å². The molecule has 1 unspecified atom stereocenters. The van der Waals surface area contributed by atoms with E-state index in [1.54, 1.807) is 24.2 Å². The molecule has 0 radical (unpaired) electrons. The van der Waals surface area contributed by atoms with Gasteiger partial charge in [0, 0.05) is 10.8 Å². The Kier molecular flexibility index (Phi) is 12.5. The molecule has 6 rings (SSSR count). The van der Waals surface area contributed by atoms with E-state index in [4.69, 9.17) is 0 Å². The van der Waals surface area contributed by atoms with Gasteiger partial charge in [-0.3, -0.25) is 6.08 Å². The predicted molar refractivity (Wildman–Crippen MR) is 199 cm³/mol. The number of rotatable bonds is 0. The van der Waals surface area contributed by atoms with Crippen LogP contribution in [0.2, 0.25) is 0 Å². The summed E-state index contributed by atoms with van der Waals surface area (Å²) in [6, 6.07) is 12.3. The summed E-state index contributed by atoms with van der Waals surface area (Å²) in [4.78, 5) is 0. The number of benzene rings is 2. The average Bonchev–Trinajstić information content (AvgIpc) is 3.58. The van der Waals surface area contributed by atoms with Gasteiger partial charge in [0.2, 0.25) is 0 Å². The zero-order valence-corrected chi connectivity index (χ0v) is 36.0. The Morgan fingerprint density at radius 2 is 1.04 bits per heavy atom. The van der Waals surface area contributed by atoms with Crippen molar-refractivity contribution in [3.63, 3.8) is 0 Å². The number of allylic oxidation sites excluding steroid dienone is 8. The van der Waals surface area contributed by atoms with Gasteiger partial charge in [0.05, 0.1) is 0 Å². The summed E-state index contributed by atoms with van der Waals surface area (Å²) >= 11 is 1.55. The fraction of sp³-hybridized carbons (Fsp3) is 0.500. The summed E-state index contributed by atoms with van der Waals surface area (Å²) in [5.74, 6) is 0.522. The minimum absolute atomic E-state index is 0. The SMILES string of the molecule is CC(C)(C)C1=CC(C)(C)c2cc3[cH-]c4cc5c(cc4c3cc21)C(C(C)(C)C)=CC5(C)C.CC1[C-]=CC(C(C)(C)C)=C1.C[C](C)=[Zr+2].[Cl-].[Cl-]. The standard InChI is InChI=1S/C31H37.C10H15.C3H6.2ClH.Zr/c1-28(2,3)26-16-30(7,8)24-12-18-11-19-13-25-23(15-21(19)20(18)14-22(24)26)27(29(4,5)6)17-31(25,9)10;1-8-5-6-9(7-8)10(2,3)4;1-3-2;;;/h11-17H,1-10H3;6-8H,1-4H3;1-2H3;2*1H;/q2*-1;;;;+2/p-2. The third-order valence-electron chi connectivity index (χ3n) is 9.37. The summed E-state index contributed by atoms with van der Waals surface area (Å²) in [5, 5.41) is 5.58. The summed E-state index contributed by atoms with van der Waals surface area (Å²) in [6.45, 7) is 36.6. The van der Waals surface area contributed by atoms with E-state index in [9.17, 15) is 0 Å². The van der Waals surface area contributed by atoms with Crippen molar-refractivity contribution in [3.8, 4) is 0 Å². The van der Waals surface area contributed by atoms with Gasteiger partial charge >= 0.3 is 41.3 Å². The second-order valence-corrected chi connectivity index (χ2v) is 20.6. The Morgan fingerprint density at radius 3 is 1.30 bits per heavy atom. The Morgan fingerprint density at radius 1 is 0.681 bits per heavy atom. The Bertz CT molecular complexity index is 1670. The third-order valence-corrected chi connectivity index (χ3v) is 9.37. The smallest absolute Gasteiger partial charge is 1.00 e. The van der Waals surface area contributed by atoms with Crippen molar-refractivity contribution in [1.29, 1.82) is 0 Å². The first kappa shape index (κ1) is 41.8. The van der Waals surface area contributed by atoms with Crippen LogP contribution in [-0.2, 0) is 35.1 Å². The van der Waals surface area contributed by atoms with Crippen LogP contribution < -0.4 is 24.8 Å². The van der Waals surface area contributed by atoms with Crippen molar-refractivity contribution in [2.45, 2.75) is 122 Å². The molecule has 0 N–H and O–H groups in total. The van der Waals surface area contributed by atoms with E-state index in [-0.39, 0.29) is 46.5 Å². The van der Waals surface area contributed by atoms with Crippen molar-refractivity contribution in [1.82, 2.24) is 0 Å². The van der Waals surface area contributed by atoms with E-state index in [0.29, 0.717) is 11.3 Å². The van der Waals surface area contributed by atoms with Crippen LogP contribution in [0.15, 0.2) is 60.2 Å². The molecule has 3 aromatic rings. The van der Waals surface area contributed by atoms with E-state index >= 15 is 0 Å². The van der Waals surface area contributed by atoms with Crippen molar-refractivity contribution >= 4 is 35.9 Å². The molecule has 1 atom stereocenters. The summed E-state index contributed by atoms with van der Waals surface area (Å²) in [7, 11) is 0. The van der Waals surface area contributed by atoms with Crippen molar-refractivity contribution in [3.05, 3.63) is 88.5 Å². The molecule has 0 nitrogen and oxygen atoms in total. The van der Waals surface area contributed by atoms with Crippen molar-refractivity contribution in [2.24, 2.45) is 22.2 Å². The van der Waals surface area contributed by atoms with E-state index < -0.39 is 0 Å². The summed E-state index contributed by atoms with van der Waals surface area (Å²) < 4.78 is 1.51. The van der Waals surface area contributed by atoms with Gasteiger partial charge in [-0.15, -0.1) is 39.7 Å². The van der Waals surface area contributed by atoms with Gasteiger partial charge in [0.25, 0.3) is 0 Å². The zero-order chi connectivity index (χ0) is 34.1. The summed E-state index contributed by atoms with van der Waals surface area (Å²) in [6.07, 6.45) is 12.7. The van der Waals surface area contributed by atoms with Gasteiger partial charge in [-0.1, -0.05) is 144 Å².